The van der Waals surface area contributed by atoms with E-state index in [4.69, 9.17) is 0 Å². The molecule has 2 rings (SSSR count). The second-order valence-electron chi connectivity index (χ2n) is 5.53. The molecule has 0 bridgehead atoms. The van der Waals surface area contributed by atoms with Crippen molar-refractivity contribution in [3.63, 3.8) is 0 Å². The van der Waals surface area contributed by atoms with Gasteiger partial charge in [0.15, 0.2) is 0 Å². The monoisotopic (exact) mass is 283 g/mol. The third-order valence-corrected chi connectivity index (χ3v) is 3.88. The highest BCUT2D eigenvalue weighted by molar-refractivity contribution is 5.28. The number of nitrogens with zero attached hydrogens (tertiary/aromatic N) is 2. The van der Waals surface area contributed by atoms with Gasteiger partial charge in [-0.2, -0.15) is 0 Å². The lowest BCUT2D eigenvalue weighted by molar-refractivity contribution is 0.299. The first-order valence-electron chi connectivity index (χ1n) is 7.52. The van der Waals surface area contributed by atoms with Gasteiger partial charge >= 0.3 is 0 Å². The zero-order valence-corrected chi connectivity index (χ0v) is 13.2. The summed E-state index contributed by atoms with van der Waals surface area (Å²) in [6, 6.07) is 15.0. The van der Waals surface area contributed by atoms with Crippen LogP contribution in [0.2, 0.25) is 0 Å². The molecule has 112 valence electrons. The van der Waals surface area contributed by atoms with Gasteiger partial charge in [0.1, 0.15) is 0 Å². The van der Waals surface area contributed by atoms with E-state index >= 15 is 0 Å². The van der Waals surface area contributed by atoms with Crippen LogP contribution in [-0.2, 0) is 6.42 Å². The molecular formula is C18H25N3. The molecule has 21 heavy (non-hydrogen) atoms. The molecule has 0 amide bonds. The molecule has 1 aromatic carbocycles. The van der Waals surface area contributed by atoms with Crippen molar-refractivity contribution in [1.82, 2.24) is 15.2 Å². The molecule has 0 saturated carbocycles. The van der Waals surface area contributed by atoms with Crippen LogP contribution in [0.25, 0.3) is 0 Å². The molecule has 0 fully saturated rings. The zero-order valence-electron chi connectivity index (χ0n) is 13.2. The molecule has 2 aromatic rings. The number of likely N-dealkylation sites (N-methyl/N-ethyl adjacent to an activating group) is 2. The molecule has 1 aromatic heterocycles. The van der Waals surface area contributed by atoms with Gasteiger partial charge in [0.25, 0.3) is 0 Å². The van der Waals surface area contributed by atoms with E-state index in [0.29, 0.717) is 6.04 Å². The number of hydrogen-bond donors (Lipinski definition) is 1. The van der Waals surface area contributed by atoms with E-state index in [-0.39, 0.29) is 0 Å². The van der Waals surface area contributed by atoms with Gasteiger partial charge in [0, 0.05) is 37.4 Å². The Kier molecular flexibility index (Phi) is 5.90. The first-order valence-corrected chi connectivity index (χ1v) is 7.52. The molecule has 1 N–H and O–H groups in total. The summed E-state index contributed by atoms with van der Waals surface area (Å²) in [6.07, 6.45) is 2.85. The van der Waals surface area contributed by atoms with E-state index in [1.807, 2.05) is 25.4 Å². The highest BCUT2D eigenvalue weighted by atomic mass is 15.1. The quantitative estimate of drug-likeness (QED) is 0.847. The predicted molar refractivity (Wildman–Crippen MR) is 88.4 cm³/mol. The fourth-order valence-corrected chi connectivity index (χ4v) is 2.58. The number of benzene rings is 1. The van der Waals surface area contributed by atoms with E-state index in [0.717, 1.165) is 25.2 Å². The highest BCUT2D eigenvalue weighted by Gasteiger charge is 2.13. The molecule has 3 heteroatoms. The average molecular weight is 283 g/mol. The summed E-state index contributed by atoms with van der Waals surface area (Å²) in [5.41, 5.74) is 3.88. The average Bonchev–Trinajstić information content (AvgIpc) is 2.52. The maximum atomic E-state index is 4.38. The van der Waals surface area contributed by atoms with E-state index < -0.39 is 0 Å². The van der Waals surface area contributed by atoms with E-state index in [1.54, 1.807) is 0 Å². The molecule has 1 heterocycles. The van der Waals surface area contributed by atoms with Crippen LogP contribution in [-0.4, -0.2) is 37.1 Å². The lowest BCUT2D eigenvalue weighted by Crippen LogP contribution is -2.33. The fourth-order valence-electron chi connectivity index (χ4n) is 2.58. The van der Waals surface area contributed by atoms with Crippen LogP contribution in [0.3, 0.4) is 0 Å². The van der Waals surface area contributed by atoms with Crippen LogP contribution in [0.4, 0.5) is 0 Å². The third-order valence-electron chi connectivity index (χ3n) is 3.88. The Bertz CT molecular complexity index is 539. The van der Waals surface area contributed by atoms with Gasteiger partial charge < -0.3 is 10.2 Å². The van der Waals surface area contributed by atoms with Crippen LogP contribution in [0.5, 0.6) is 0 Å². The van der Waals surface area contributed by atoms with Crippen LogP contribution < -0.4 is 5.32 Å². The van der Waals surface area contributed by atoms with Crippen LogP contribution in [0, 0.1) is 6.92 Å². The maximum Gasteiger partial charge on any atom is 0.0449 e. The third kappa shape index (κ3) is 4.66. The van der Waals surface area contributed by atoms with Crippen molar-refractivity contribution in [3.8, 4) is 0 Å². The molecule has 0 aliphatic heterocycles. The lowest BCUT2D eigenvalue weighted by Gasteiger charge is -2.25. The van der Waals surface area contributed by atoms with Crippen molar-refractivity contribution in [2.75, 3.05) is 27.2 Å². The van der Waals surface area contributed by atoms with Gasteiger partial charge in [-0.05, 0) is 44.3 Å². The number of aromatic nitrogens is 1. The molecule has 0 aliphatic carbocycles. The second-order valence-corrected chi connectivity index (χ2v) is 5.53. The van der Waals surface area contributed by atoms with Gasteiger partial charge in [-0.25, -0.2) is 0 Å². The summed E-state index contributed by atoms with van der Waals surface area (Å²) in [4.78, 5) is 6.74. The molecular weight excluding hydrogens is 258 g/mol. The Hall–Kier alpha value is -1.71. The van der Waals surface area contributed by atoms with Gasteiger partial charge in [0.2, 0.25) is 0 Å². The number of nitrogens with one attached hydrogen (secondary N) is 1. The Morgan fingerprint density at radius 1 is 1.14 bits per heavy atom. The Morgan fingerprint density at radius 2 is 1.90 bits per heavy atom. The number of hydrogen-bond acceptors (Lipinski definition) is 3. The SMILES string of the molecule is CNC(CN(C)CCc1ccccn1)c1ccccc1C. The largest absolute Gasteiger partial charge is 0.312 e. The topological polar surface area (TPSA) is 28.2 Å². The first kappa shape index (κ1) is 15.7. The van der Waals surface area contributed by atoms with Crippen molar-refractivity contribution in [2.45, 2.75) is 19.4 Å². The molecule has 3 nitrogen and oxygen atoms in total. The molecule has 1 atom stereocenters. The Balaban J connectivity index is 1.91. The summed E-state index contributed by atoms with van der Waals surface area (Å²) < 4.78 is 0. The normalized spacial score (nSPS) is 12.6. The van der Waals surface area contributed by atoms with Crippen LogP contribution in [0.1, 0.15) is 22.9 Å². The minimum atomic E-state index is 0.361. The van der Waals surface area contributed by atoms with E-state index in [2.05, 4.69) is 59.5 Å². The lowest BCUT2D eigenvalue weighted by atomic mass is 10.0. The minimum Gasteiger partial charge on any atom is -0.312 e. The number of pyridine rings is 1. The smallest absolute Gasteiger partial charge is 0.0449 e. The maximum absolute atomic E-state index is 4.38. The predicted octanol–water partition coefficient (Wildman–Crippen LogP) is 2.83. The Labute approximate surface area is 128 Å². The zero-order chi connectivity index (χ0) is 15.1. The number of aryl methyl sites for hydroxylation is 1. The van der Waals surface area contributed by atoms with E-state index in [9.17, 15) is 0 Å². The molecule has 0 radical (unpaired) electrons. The molecule has 1 unspecified atom stereocenters. The van der Waals surface area contributed by atoms with Gasteiger partial charge in [-0.3, -0.25) is 4.98 Å². The number of rotatable bonds is 7. The van der Waals surface area contributed by atoms with Crippen molar-refractivity contribution in [1.29, 1.82) is 0 Å². The van der Waals surface area contributed by atoms with Crippen molar-refractivity contribution in [3.05, 3.63) is 65.5 Å². The second kappa shape index (κ2) is 7.91. The Morgan fingerprint density at radius 3 is 2.57 bits per heavy atom. The minimum absolute atomic E-state index is 0.361. The summed E-state index contributed by atoms with van der Waals surface area (Å²) in [5, 5.41) is 3.43. The molecule has 0 aliphatic rings. The van der Waals surface area contributed by atoms with Crippen LogP contribution in [0.15, 0.2) is 48.7 Å². The standard InChI is InChI=1S/C18H25N3/c1-15-8-4-5-10-17(15)18(19-2)14-21(3)13-11-16-9-6-7-12-20-16/h4-10,12,18-19H,11,13-14H2,1-3H3. The van der Waals surface area contributed by atoms with Gasteiger partial charge in [-0.1, -0.05) is 30.3 Å². The van der Waals surface area contributed by atoms with Crippen LogP contribution >= 0.6 is 0 Å². The highest BCUT2D eigenvalue weighted by Crippen LogP contribution is 2.17. The molecule has 0 saturated heterocycles. The summed E-state index contributed by atoms with van der Waals surface area (Å²) in [5.74, 6) is 0. The van der Waals surface area contributed by atoms with Crippen molar-refractivity contribution < 1.29 is 0 Å². The van der Waals surface area contributed by atoms with Crippen molar-refractivity contribution in [2.24, 2.45) is 0 Å². The van der Waals surface area contributed by atoms with Gasteiger partial charge in [0.05, 0.1) is 0 Å². The fraction of sp³-hybridized carbons (Fsp3) is 0.389. The van der Waals surface area contributed by atoms with Gasteiger partial charge in [-0.15, -0.1) is 0 Å². The van der Waals surface area contributed by atoms with Crippen molar-refractivity contribution >= 4 is 0 Å². The summed E-state index contributed by atoms with van der Waals surface area (Å²) in [7, 11) is 4.20. The summed E-state index contributed by atoms with van der Waals surface area (Å²) >= 11 is 0. The van der Waals surface area contributed by atoms with E-state index in [1.165, 1.54) is 11.1 Å². The molecule has 0 spiro atoms. The summed E-state index contributed by atoms with van der Waals surface area (Å²) in [6.45, 7) is 4.18. The first-order chi connectivity index (χ1) is 10.2.